The van der Waals surface area contributed by atoms with Gasteiger partial charge in [0, 0.05) is 12.2 Å². The van der Waals surface area contributed by atoms with E-state index in [1.165, 1.54) is 0 Å². The van der Waals surface area contributed by atoms with Crippen LogP contribution < -0.4 is 0 Å². The Labute approximate surface area is 112 Å². The van der Waals surface area contributed by atoms with Crippen LogP contribution >= 0.6 is 0 Å². The quantitative estimate of drug-likeness (QED) is 0.610. The van der Waals surface area contributed by atoms with Crippen LogP contribution in [0.4, 0.5) is 0 Å². The molecular weight excluding hydrogens is 244 g/mol. The Kier molecular flexibility index (Phi) is 4.58. The number of esters is 1. The first kappa shape index (κ1) is 13.6. The molecule has 2 rings (SSSR count). The van der Waals surface area contributed by atoms with E-state index in [0.29, 0.717) is 12.0 Å². The summed E-state index contributed by atoms with van der Waals surface area (Å²) in [5.74, 6) is -0.927. The molecular formula is C15H18O4. The minimum absolute atomic E-state index is 0.178. The van der Waals surface area contributed by atoms with Gasteiger partial charge in [0.1, 0.15) is 6.10 Å². The van der Waals surface area contributed by atoms with Crippen LogP contribution in [0, 0.1) is 0 Å². The molecule has 1 aliphatic heterocycles. The van der Waals surface area contributed by atoms with Gasteiger partial charge in [0.2, 0.25) is 5.76 Å². The number of rotatable bonds is 6. The molecule has 1 aliphatic rings. The number of aliphatic hydroxyl groups excluding tert-OH is 2. The van der Waals surface area contributed by atoms with Crippen LogP contribution in [0.25, 0.3) is 5.57 Å². The molecule has 0 amide bonds. The van der Waals surface area contributed by atoms with E-state index in [1.807, 2.05) is 30.3 Å². The van der Waals surface area contributed by atoms with Crippen molar-refractivity contribution in [2.45, 2.75) is 31.8 Å². The number of cyclic esters (lactones) is 1. The number of carbonyl (C=O) groups excluding carboxylic acids is 1. The average Bonchev–Trinajstić information content (AvgIpc) is 2.71. The molecule has 1 heterocycles. The number of aliphatic hydroxyl groups is 2. The minimum atomic E-state index is -0.647. The monoisotopic (exact) mass is 262 g/mol. The molecule has 0 radical (unpaired) electrons. The van der Waals surface area contributed by atoms with E-state index < -0.39 is 5.97 Å². The average molecular weight is 262 g/mol. The van der Waals surface area contributed by atoms with E-state index in [9.17, 15) is 9.90 Å². The second kappa shape index (κ2) is 6.38. The van der Waals surface area contributed by atoms with E-state index in [1.54, 1.807) is 0 Å². The molecule has 0 bridgehead atoms. The number of benzene rings is 1. The van der Waals surface area contributed by atoms with E-state index >= 15 is 0 Å². The Bertz CT molecular complexity index is 464. The number of ether oxygens (including phenoxy) is 1. The maximum atomic E-state index is 11.5. The number of hydrogen-bond donors (Lipinski definition) is 2. The number of unbranched alkanes of at least 4 members (excludes halogenated alkanes) is 2. The van der Waals surface area contributed by atoms with Crippen molar-refractivity contribution in [2.24, 2.45) is 0 Å². The van der Waals surface area contributed by atoms with Gasteiger partial charge < -0.3 is 14.9 Å². The van der Waals surface area contributed by atoms with E-state index in [0.717, 1.165) is 24.8 Å². The molecule has 1 aromatic carbocycles. The summed E-state index contributed by atoms with van der Waals surface area (Å²) in [5.41, 5.74) is 1.40. The molecule has 0 aromatic heterocycles. The van der Waals surface area contributed by atoms with Gasteiger partial charge in [0.05, 0.1) is 0 Å². The second-order valence-electron chi connectivity index (χ2n) is 4.60. The fourth-order valence-electron chi connectivity index (χ4n) is 2.27. The summed E-state index contributed by atoms with van der Waals surface area (Å²) in [6.45, 7) is 0.178. The van der Waals surface area contributed by atoms with Crippen LogP contribution in [-0.4, -0.2) is 28.9 Å². The highest BCUT2D eigenvalue weighted by Crippen LogP contribution is 2.33. The van der Waals surface area contributed by atoms with E-state index in [-0.39, 0.29) is 18.5 Å². The highest BCUT2D eigenvalue weighted by Gasteiger charge is 2.34. The molecule has 0 saturated heterocycles. The zero-order chi connectivity index (χ0) is 13.7. The van der Waals surface area contributed by atoms with Crippen molar-refractivity contribution in [3.8, 4) is 0 Å². The fourth-order valence-corrected chi connectivity index (χ4v) is 2.27. The molecule has 1 unspecified atom stereocenters. The third-order valence-electron chi connectivity index (χ3n) is 3.23. The molecule has 102 valence electrons. The van der Waals surface area contributed by atoms with Crippen LogP contribution in [0.1, 0.15) is 31.2 Å². The second-order valence-corrected chi connectivity index (χ2v) is 4.60. The van der Waals surface area contributed by atoms with Gasteiger partial charge in [-0.05, 0) is 24.8 Å². The summed E-state index contributed by atoms with van der Waals surface area (Å²) < 4.78 is 5.20. The molecule has 1 aromatic rings. The zero-order valence-electron chi connectivity index (χ0n) is 10.7. The van der Waals surface area contributed by atoms with Crippen molar-refractivity contribution in [3.05, 3.63) is 41.7 Å². The summed E-state index contributed by atoms with van der Waals surface area (Å²) in [5, 5.41) is 18.6. The van der Waals surface area contributed by atoms with Gasteiger partial charge in [-0.3, -0.25) is 0 Å². The number of carbonyl (C=O) groups is 1. The smallest absolute Gasteiger partial charge is 0.374 e. The lowest BCUT2D eigenvalue weighted by atomic mass is 9.97. The van der Waals surface area contributed by atoms with Crippen LogP contribution in [0.15, 0.2) is 36.1 Å². The first-order valence-corrected chi connectivity index (χ1v) is 6.54. The van der Waals surface area contributed by atoms with Crippen molar-refractivity contribution in [1.29, 1.82) is 0 Å². The Morgan fingerprint density at radius 3 is 2.53 bits per heavy atom. The van der Waals surface area contributed by atoms with Crippen molar-refractivity contribution < 1.29 is 19.7 Å². The van der Waals surface area contributed by atoms with Crippen LogP contribution in [0.3, 0.4) is 0 Å². The summed E-state index contributed by atoms with van der Waals surface area (Å²) in [4.78, 5) is 11.5. The van der Waals surface area contributed by atoms with Crippen molar-refractivity contribution >= 4 is 11.5 Å². The van der Waals surface area contributed by atoms with Crippen LogP contribution in [0.5, 0.6) is 0 Å². The summed E-state index contributed by atoms with van der Waals surface area (Å²) in [6, 6.07) is 9.32. The minimum Gasteiger partial charge on any atom is -0.502 e. The van der Waals surface area contributed by atoms with Gasteiger partial charge in [0.25, 0.3) is 0 Å². The highest BCUT2D eigenvalue weighted by atomic mass is 16.6. The van der Waals surface area contributed by atoms with Gasteiger partial charge in [-0.25, -0.2) is 4.79 Å². The lowest BCUT2D eigenvalue weighted by Gasteiger charge is -2.13. The third-order valence-corrected chi connectivity index (χ3v) is 3.23. The Balaban J connectivity index is 2.10. The first-order chi connectivity index (χ1) is 9.24. The van der Waals surface area contributed by atoms with Crippen molar-refractivity contribution in [2.75, 3.05) is 6.61 Å². The maximum absolute atomic E-state index is 11.5. The zero-order valence-corrected chi connectivity index (χ0v) is 10.7. The Hall–Kier alpha value is -1.81. The van der Waals surface area contributed by atoms with Gasteiger partial charge >= 0.3 is 5.97 Å². The van der Waals surface area contributed by atoms with Crippen LogP contribution in [-0.2, 0) is 9.53 Å². The molecule has 4 nitrogen and oxygen atoms in total. The molecule has 2 N–H and O–H groups in total. The lowest BCUT2D eigenvalue weighted by molar-refractivity contribution is -0.142. The molecule has 0 spiro atoms. The van der Waals surface area contributed by atoms with Gasteiger partial charge in [0.15, 0.2) is 0 Å². The fraction of sp³-hybridized carbons (Fsp3) is 0.400. The SMILES string of the molecule is O=C1OC(CCCCCO)C(c2ccccc2)=C1O. The molecule has 4 heteroatoms. The normalized spacial score (nSPS) is 18.8. The number of hydrogen-bond acceptors (Lipinski definition) is 4. The summed E-state index contributed by atoms with van der Waals surface area (Å²) in [6.07, 6.45) is 2.76. The third kappa shape index (κ3) is 3.15. The largest absolute Gasteiger partial charge is 0.502 e. The molecule has 0 aliphatic carbocycles. The van der Waals surface area contributed by atoms with E-state index in [4.69, 9.17) is 9.84 Å². The van der Waals surface area contributed by atoms with Crippen LogP contribution in [0.2, 0.25) is 0 Å². The van der Waals surface area contributed by atoms with E-state index in [2.05, 4.69) is 0 Å². The molecule has 19 heavy (non-hydrogen) atoms. The first-order valence-electron chi connectivity index (χ1n) is 6.54. The van der Waals surface area contributed by atoms with Crippen molar-refractivity contribution in [3.63, 3.8) is 0 Å². The predicted octanol–water partition coefficient (Wildman–Crippen LogP) is 2.43. The summed E-state index contributed by atoms with van der Waals surface area (Å²) in [7, 11) is 0. The standard InChI is InChI=1S/C15H18O4/c16-10-6-2-5-9-12-13(14(17)15(18)19-12)11-7-3-1-4-8-11/h1,3-4,7-8,12,16-17H,2,5-6,9-10H2. The van der Waals surface area contributed by atoms with Gasteiger partial charge in [-0.1, -0.05) is 36.8 Å². The molecule has 1 atom stereocenters. The lowest BCUT2D eigenvalue weighted by Crippen LogP contribution is -2.11. The molecule has 0 saturated carbocycles. The molecule has 0 fully saturated rings. The topological polar surface area (TPSA) is 66.8 Å². The maximum Gasteiger partial charge on any atom is 0.374 e. The predicted molar refractivity (Wildman–Crippen MR) is 71.4 cm³/mol. The van der Waals surface area contributed by atoms with Gasteiger partial charge in [-0.15, -0.1) is 0 Å². The van der Waals surface area contributed by atoms with Crippen molar-refractivity contribution in [1.82, 2.24) is 0 Å². The van der Waals surface area contributed by atoms with Gasteiger partial charge in [-0.2, -0.15) is 0 Å². The summed E-state index contributed by atoms with van der Waals surface area (Å²) >= 11 is 0. The highest BCUT2D eigenvalue weighted by molar-refractivity contribution is 6.00. The Morgan fingerprint density at radius 2 is 1.84 bits per heavy atom. The Morgan fingerprint density at radius 1 is 1.11 bits per heavy atom.